The molecule has 2 aromatic rings. The van der Waals surface area contributed by atoms with E-state index >= 15 is 0 Å². The van der Waals surface area contributed by atoms with Crippen LogP contribution >= 0.6 is 0 Å². The maximum Gasteiger partial charge on any atom is 0.320 e. The first kappa shape index (κ1) is 16.0. The molecular formula is C16H23N5O. The number of imidazole rings is 1. The first-order valence-corrected chi connectivity index (χ1v) is 7.44. The van der Waals surface area contributed by atoms with Crippen molar-refractivity contribution in [3.8, 4) is 0 Å². The van der Waals surface area contributed by atoms with Crippen LogP contribution in [0.15, 0.2) is 24.5 Å². The van der Waals surface area contributed by atoms with E-state index in [-0.39, 0.29) is 6.03 Å². The molecular weight excluding hydrogens is 278 g/mol. The average molecular weight is 301 g/mol. The van der Waals surface area contributed by atoms with Gasteiger partial charge in [-0.3, -0.25) is 5.32 Å². The van der Waals surface area contributed by atoms with Gasteiger partial charge in [-0.1, -0.05) is 13.8 Å². The monoisotopic (exact) mass is 301 g/mol. The number of hydrogen-bond acceptors (Lipinski definition) is 3. The summed E-state index contributed by atoms with van der Waals surface area (Å²) in [4.78, 5) is 20.5. The number of pyridine rings is 1. The molecule has 0 atom stereocenters. The van der Waals surface area contributed by atoms with Crippen molar-refractivity contribution in [1.29, 1.82) is 0 Å². The molecule has 0 aliphatic carbocycles. The van der Waals surface area contributed by atoms with Crippen LogP contribution in [0.25, 0.3) is 0 Å². The zero-order chi connectivity index (χ0) is 16.1. The van der Waals surface area contributed by atoms with E-state index in [1.807, 2.05) is 32.2 Å². The molecule has 0 bridgehead atoms. The first-order valence-electron chi connectivity index (χ1n) is 7.44. The molecule has 2 heterocycles. The zero-order valence-corrected chi connectivity index (χ0v) is 13.6. The van der Waals surface area contributed by atoms with Crippen LogP contribution < -0.4 is 10.6 Å². The lowest BCUT2D eigenvalue weighted by atomic mass is 10.2. The summed E-state index contributed by atoms with van der Waals surface area (Å²) in [7, 11) is 0. The van der Waals surface area contributed by atoms with E-state index < -0.39 is 0 Å². The Morgan fingerprint density at radius 1 is 1.32 bits per heavy atom. The molecule has 6 heteroatoms. The normalized spacial score (nSPS) is 10.8. The van der Waals surface area contributed by atoms with Crippen molar-refractivity contribution >= 4 is 11.8 Å². The molecule has 0 fully saturated rings. The van der Waals surface area contributed by atoms with Crippen molar-refractivity contribution in [3.05, 3.63) is 41.6 Å². The molecule has 2 rings (SSSR count). The second-order valence-electron chi connectivity index (χ2n) is 5.87. The fourth-order valence-electron chi connectivity index (χ4n) is 2.29. The predicted octanol–water partition coefficient (Wildman–Crippen LogP) is 2.87. The summed E-state index contributed by atoms with van der Waals surface area (Å²) in [6, 6.07) is 3.52. The highest BCUT2D eigenvalue weighted by atomic mass is 16.2. The fourth-order valence-corrected chi connectivity index (χ4v) is 2.29. The topological polar surface area (TPSA) is 71.8 Å². The Kier molecular flexibility index (Phi) is 5.14. The zero-order valence-electron chi connectivity index (χ0n) is 13.6. The van der Waals surface area contributed by atoms with Gasteiger partial charge in [0.1, 0.15) is 11.6 Å². The van der Waals surface area contributed by atoms with Crippen LogP contribution in [0.2, 0.25) is 0 Å². The number of aryl methyl sites for hydroxylation is 2. The third-order valence-corrected chi connectivity index (χ3v) is 3.11. The molecule has 2 amide bonds. The van der Waals surface area contributed by atoms with E-state index in [4.69, 9.17) is 0 Å². The van der Waals surface area contributed by atoms with Crippen LogP contribution in [-0.4, -0.2) is 20.6 Å². The maximum atomic E-state index is 12.0. The van der Waals surface area contributed by atoms with E-state index in [2.05, 4.69) is 39.0 Å². The highest BCUT2D eigenvalue weighted by Crippen LogP contribution is 2.09. The minimum absolute atomic E-state index is 0.281. The Morgan fingerprint density at radius 2 is 2.09 bits per heavy atom. The molecule has 0 unspecified atom stereocenters. The van der Waals surface area contributed by atoms with Gasteiger partial charge in [0.25, 0.3) is 0 Å². The number of carbonyl (C=O) groups excluding carboxylic acids is 1. The summed E-state index contributed by atoms with van der Waals surface area (Å²) in [5.41, 5.74) is 1.94. The Morgan fingerprint density at radius 3 is 2.77 bits per heavy atom. The van der Waals surface area contributed by atoms with Crippen molar-refractivity contribution in [1.82, 2.24) is 19.9 Å². The van der Waals surface area contributed by atoms with E-state index in [0.29, 0.717) is 18.3 Å². The van der Waals surface area contributed by atoms with Gasteiger partial charge in [-0.15, -0.1) is 0 Å². The number of anilines is 1. The number of amides is 2. The third kappa shape index (κ3) is 4.58. The summed E-state index contributed by atoms with van der Waals surface area (Å²) in [6.45, 7) is 9.44. The standard InChI is InChI=1S/C16H23N5O/c1-11(2)10-21-6-5-17-15(21)9-18-16(22)20-14-8-12(3)7-13(4)19-14/h5-8,11H,9-10H2,1-4H3,(H2,18,19,20,22). The first-order chi connectivity index (χ1) is 10.4. The summed E-state index contributed by atoms with van der Waals surface area (Å²) < 4.78 is 2.06. The number of hydrogen-bond donors (Lipinski definition) is 2. The van der Waals surface area contributed by atoms with E-state index in [1.54, 1.807) is 6.20 Å². The Labute approximate surface area is 131 Å². The lowest BCUT2D eigenvalue weighted by Gasteiger charge is -2.11. The van der Waals surface area contributed by atoms with E-state index in [1.165, 1.54) is 0 Å². The van der Waals surface area contributed by atoms with Crippen molar-refractivity contribution in [2.75, 3.05) is 5.32 Å². The number of urea groups is 1. The molecule has 0 saturated carbocycles. The van der Waals surface area contributed by atoms with E-state index in [9.17, 15) is 4.79 Å². The lowest BCUT2D eigenvalue weighted by molar-refractivity contribution is 0.251. The number of carbonyl (C=O) groups is 1. The summed E-state index contributed by atoms with van der Waals surface area (Å²) >= 11 is 0. The molecule has 0 radical (unpaired) electrons. The predicted molar refractivity (Wildman–Crippen MR) is 86.6 cm³/mol. The maximum absolute atomic E-state index is 12.0. The molecule has 2 N–H and O–H groups in total. The number of nitrogens with one attached hydrogen (secondary N) is 2. The Balaban J connectivity index is 1.91. The molecule has 6 nitrogen and oxygen atoms in total. The van der Waals surface area contributed by atoms with Gasteiger partial charge in [-0.2, -0.15) is 0 Å². The van der Waals surface area contributed by atoms with Gasteiger partial charge >= 0.3 is 6.03 Å². The van der Waals surface area contributed by atoms with Crippen LogP contribution in [0.3, 0.4) is 0 Å². The van der Waals surface area contributed by atoms with Crippen LogP contribution in [0.1, 0.15) is 30.9 Å². The fraction of sp³-hybridized carbons (Fsp3) is 0.438. The third-order valence-electron chi connectivity index (χ3n) is 3.11. The SMILES string of the molecule is Cc1cc(C)nc(NC(=O)NCc2nccn2CC(C)C)c1. The molecule has 22 heavy (non-hydrogen) atoms. The molecule has 2 aromatic heterocycles. The number of rotatable bonds is 5. The van der Waals surface area contributed by atoms with Gasteiger partial charge in [0.05, 0.1) is 6.54 Å². The van der Waals surface area contributed by atoms with Gasteiger partial charge in [0.2, 0.25) is 0 Å². The number of nitrogens with zero attached hydrogens (tertiary/aromatic N) is 3. The van der Waals surface area contributed by atoms with Gasteiger partial charge in [0, 0.05) is 24.6 Å². The quantitative estimate of drug-likeness (QED) is 0.892. The van der Waals surface area contributed by atoms with Crippen LogP contribution in [0, 0.1) is 19.8 Å². The van der Waals surface area contributed by atoms with Crippen molar-refractivity contribution < 1.29 is 4.79 Å². The average Bonchev–Trinajstić information content (AvgIpc) is 2.81. The lowest BCUT2D eigenvalue weighted by Crippen LogP contribution is -2.30. The largest absolute Gasteiger partial charge is 0.333 e. The van der Waals surface area contributed by atoms with Gasteiger partial charge < -0.3 is 9.88 Å². The Hall–Kier alpha value is -2.37. The second kappa shape index (κ2) is 7.06. The van der Waals surface area contributed by atoms with Crippen LogP contribution in [-0.2, 0) is 13.1 Å². The van der Waals surface area contributed by atoms with Crippen LogP contribution in [0.4, 0.5) is 10.6 Å². The van der Waals surface area contributed by atoms with E-state index in [0.717, 1.165) is 23.6 Å². The van der Waals surface area contributed by atoms with Crippen molar-refractivity contribution in [3.63, 3.8) is 0 Å². The van der Waals surface area contributed by atoms with Gasteiger partial charge in [-0.05, 0) is 37.5 Å². The van der Waals surface area contributed by atoms with Crippen molar-refractivity contribution in [2.45, 2.75) is 40.8 Å². The minimum atomic E-state index is -0.281. The van der Waals surface area contributed by atoms with Gasteiger partial charge in [-0.25, -0.2) is 14.8 Å². The van der Waals surface area contributed by atoms with Crippen molar-refractivity contribution in [2.24, 2.45) is 5.92 Å². The van der Waals surface area contributed by atoms with Crippen LogP contribution in [0.5, 0.6) is 0 Å². The molecule has 0 spiro atoms. The summed E-state index contributed by atoms with van der Waals surface area (Å²) in [6.07, 6.45) is 3.68. The molecule has 118 valence electrons. The van der Waals surface area contributed by atoms with Gasteiger partial charge in [0.15, 0.2) is 0 Å². The summed E-state index contributed by atoms with van der Waals surface area (Å²) in [5.74, 6) is 1.93. The minimum Gasteiger partial charge on any atom is -0.333 e. The molecule has 0 saturated heterocycles. The second-order valence-corrected chi connectivity index (χ2v) is 5.87. The smallest absolute Gasteiger partial charge is 0.320 e. The molecule has 0 aliphatic heterocycles. The Bertz CT molecular complexity index is 627. The molecule has 0 aliphatic rings. The molecule has 0 aromatic carbocycles. The number of aromatic nitrogens is 3. The highest BCUT2D eigenvalue weighted by molar-refractivity contribution is 5.88. The highest BCUT2D eigenvalue weighted by Gasteiger charge is 2.08. The summed E-state index contributed by atoms with van der Waals surface area (Å²) in [5, 5.41) is 5.56.